The summed E-state index contributed by atoms with van der Waals surface area (Å²) in [6.45, 7) is 3.79. The van der Waals surface area contributed by atoms with E-state index in [0.717, 1.165) is 48.3 Å². The molecule has 2 aromatic rings. The fourth-order valence-electron chi connectivity index (χ4n) is 2.76. The van der Waals surface area contributed by atoms with E-state index < -0.39 is 0 Å². The van der Waals surface area contributed by atoms with Gasteiger partial charge in [0.15, 0.2) is 0 Å². The van der Waals surface area contributed by atoms with Crippen molar-refractivity contribution in [1.82, 2.24) is 14.9 Å². The average molecular weight is 290 g/mol. The average Bonchev–Trinajstić information content (AvgIpc) is 3.23. The monoisotopic (exact) mass is 290 g/mol. The van der Waals surface area contributed by atoms with E-state index in [-0.39, 0.29) is 6.10 Å². The summed E-state index contributed by atoms with van der Waals surface area (Å²) >= 11 is 1.68. The predicted octanol–water partition coefficient (Wildman–Crippen LogP) is 1.97. The lowest BCUT2D eigenvalue weighted by atomic mass is 10.2. The molecule has 5 nitrogen and oxygen atoms in total. The van der Waals surface area contributed by atoms with Gasteiger partial charge in [0.05, 0.1) is 22.9 Å². The number of morpholine rings is 1. The summed E-state index contributed by atoms with van der Waals surface area (Å²) in [6, 6.07) is 2.85. The zero-order valence-electron chi connectivity index (χ0n) is 11.3. The molecule has 106 valence electrons. The Balaban J connectivity index is 1.41. The molecule has 2 aliphatic rings. The van der Waals surface area contributed by atoms with E-state index in [1.54, 1.807) is 17.7 Å². The highest BCUT2D eigenvalue weighted by Gasteiger charge is 2.32. The van der Waals surface area contributed by atoms with Gasteiger partial charge in [0, 0.05) is 25.7 Å². The normalized spacial score (nSPS) is 24.1. The van der Waals surface area contributed by atoms with Crippen molar-refractivity contribution >= 4 is 27.4 Å². The van der Waals surface area contributed by atoms with Crippen molar-refractivity contribution in [1.29, 1.82) is 0 Å². The highest BCUT2D eigenvalue weighted by molar-refractivity contribution is 7.17. The van der Waals surface area contributed by atoms with E-state index in [2.05, 4.69) is 25.6 Å². The number of hydrogen-bond acceptors (Lipinski definition) is 6. The lowest BCUT2D eigenvalue weighted by Gasteiger charge is -2.33. The van der Waals surface area contributed by atoms with Crippen LogP contribution in [0.25, 0.3) is 10.2 Å². The Morgan fingerprint density at radius 3 is 3.25 bits per heavy atom. The molecule has 1 saturated heterocycles. The molecule has 0 amide bonds. The van der Waals surface area contributed by atoms with Crippen LogP contribution in [0.2, 0.25) is 0 Å². The quantitative estimate of drug-likeness (QED) is 0.933. The van der Waals surface area contributed by atoms with Crippen molar-refractivity contribution in [3.63, 3.8) is 0 Å². The van der Waals surface area contributed by atoms with Crippen LogP contribution in [0.5, 0.6) is 0 Å². The molecule has 6 heteroatoms. The fourth-order valence-corrected chi connectivity index (χ4v) is 3.57. The van der Waals surface area contributed by atoms with Crippen molar-refractivity contribution in [3.8, 4) is 0 Å². The summed E-state index contributed by atoms with van der Waals surface area (Å²) in [4.78, 5) is 11.2. The standard InChI is InChI=1S/C14H18N4OS/c1-2-10(1)18-4-5-19-11(8-18)7-15-14-13-12(3-6-20-13)16-9-17-14/h3,6,9-11H,1-2,4-5,7-8H2,(H,15,16,17)/t11-/m1/s1. The first-order valence-electron chi connectivity index (χ1n) is 7.18. The SMILES string of the molecule is c1nc(NC[C@@H]2CN(C3CC3)CCO2)c2sccc2n1. The Labute approximate surface area is 122 Å². The predicted molar refractivity (Wildman–Crippen MR) is 80.2 cm³/mol. The van der Waals surface area contributed by atoms with Crippen molar-refractivity contribution < 1.29 is 4.74 Å². The summed E-state index contributed by atoms with van der Waals surface area (Å²) < 4.78 is 6.98. The topological polar surface area (TPSA) is 50.3 Å². The fraction of sp³-hybridized carbons (Fsp3) is 0.571. The molecule has 2 fully saturated rings. The largest absolute Gasteiger partial charge is 0.374 e. The molecule has 1 atom stereocenters. The molecule has 20 heavy (non-hydrogen) atoms. The minimum atomic E-state index is 0.259. The molecule has 1 N–H and O–H groups in total. The van der Waals surface area contributed by atoms with Crippen LogP contribution < -0.4 is 5.32 Å². The van der Waals surface area contributed by atoms with Crippen LogP contribution in [0, 0.1) is 0 Å². The molecule has 4 rings (SSSR count). The Bertz CT molecular complexity index is 598. The molecule has 0 radical (unpaired) electrons. The van der Waals surface area contributed by atoms with Gasteiger partial charge in [-0.15, -0.1) is 11.3 Å². The third-order valence-electron chi connectivity index (χ3n) is 3.97. The third kappa shape index (κ3) is 2.51. The Kier molecular flexibility index (Phi) is 3.29. The van der Waals surface area contributed by atoms with Gasteiger partial charge in [-0.3, -0.25) is 4.90 Å². The van der Waals surface area contributed by atoms with E-state index >= 15 is 0 Å². The molecule has 1 aliphatic heterocycles. The molecule has 0 aromatic carbocycles. The zero-order chi connectivity index (χ0) is 13.4. The van der Waals surface area contributed by atoms with Gasteiger partial charge in [0.2, 0.25) is 0 Å². The first kappa shape index (κ1) is 12.5. The number of ether oxygens (including phenoxy) is 1. The molecule has 0 bridgehead atoms. The van der Waals surface area contributed by atoms with E-state index in [1.807, 2.05) is 6.07 Å². The minimum absolute atomic E-state index is 0.259. The Hall–Kier alpha value is -1.24. The second kappa shape index (κ2) is 5.27. The molecule has 0 unspecified atom stereocenters. The number of anilines is 1. The van der Waals surface area contributed by atoms with Crippen molar-refractivity contribution in [2.24, 2.45) is 0 Å². The molecular weight excluding hydrogens is 272 g/mol. The summed E-state index contributed by atoms with van der Waals surface area (Å²) in [6.07, 6.45) is 4.61. The lowest BCUT2D eigenvalue weighted by molar-refractivity contribution is -0.0241. The van der Waals surface area contributed by atoms with Crippen molar-refractivity contribution in [2.45, 2.75) is 25.0 Å². The van der Waals surface area contributed by atoms with Crippen LogP contribution in [0.3, 0.4) is 0 Å². The maximum atomic E-state index is 5.86. The molecule has 1 saturated carbocycles. The van der Waals surface area contributed by atoms with Gasteiger partial charge < -0.3 is 10.1 Å². The maximum Gasteiger partial charge on any atom is 0.147 e. The smallest absolute Gasteiger partial charge is 0.147 e. The first-order valence-corrected chi connectivity index (χ1v) is 8.06. The van der Waals surface area contributed by atoms with Gasteiger partial charge >= 0.3 is 0 Å². The van der Waals surface area contributed by atoms with Crippen LogP contribution in [0.4, 0.5) is 5.82 Å². The van der Waals surface area contributed by atoms with Gasteiger partial charge in [-0.1, -0.05) is 0 Å². The van der Waals surface area contributed by atoms with Gasteiger partial charge in [-0.25, -0.2) is 9.97 Å². The van der Waals surface area contributed by atoms with Crippen LogP contribution in [0.15, 0.2) is 17.8 Å². The number of nitrogens with one attached hydrogen (secondary N) is 1. The zero-order valence-corrected chi connectivity index (χ0v) is 12.1. The summed E-state index contributed by atoms with van der Waals surface area (Å²) in [5.74, 6) is 0.928. The second-order valence-electron chi connectivity index (χ2n) is 5.46. The number of nitrogens with zero attached hydrogens (tertiary/aromatic N) is 3. The molecule has 3 heterocycles. The third-order valence-corrected chi connectivity index (χ3v) is 4.88. The molecule has 2 aromatic heterocycles. The van der Waals surface area contributed by atoms with E-state index in [9.17, 15) is 0 Å². The first-order chi connectivity index (χ1) is 9.90. The lowest BCUT2D eigenvalue weighted by Crippen LogP contribution is -2.46. The number of thiophene rings is 1. The van der Waals surface area contributed by atoms with E-state index in [4.69, 9.17) is 4.74 Å². The summed E-state index contributed by atoms with van der Waals surface area (Å²) in [5.41, 5.74) is 1.01. The number of aromatic nitrogens is 2. The van der Waals surface area contributed by atoms with Crippen LogP contribution in [-0.2, 0) is 4.74 Å². The van der Waals surface area contributed by atoms with Gasteiger partial charge in [-0.05, 0) is 24.3 Å². The number of fused-ring (bicyclic) bond motifs is 1. The molecule has 1 aliphatic carbocycles. The second-order valence-corrected chi connectivity index (χ2v) is 6.37. The molecular formula is C14H18N4OS. The number of hydrogen-bond donors (Lipinski definition) is 1. The van der Waals surface area contributed by atoms with E-state index in [1.165, 1.54) is 12.8 Å². The van der Waals surface area contributed by atoms with Crippen LogP contribution >= 0.6 is 11.3 Å². The highest BCUT2D eigenvalue weighted by Crippen LogP contribution is 2.28. The number of rotatable bonds is 4. The van der Waals surface area contributed by atoms with Crippen molar-refractivity contribution in [2.75, 3.05) is 31.6 Å². The minimum Gasteiger partial charge on any atom is -0.374 e. The van der Waals surface area contributed by atoms with Gasteiger partial charge in [0.25, 0.3) is 0 Å². The molecule has 0 spiro atoms. The van der Waals surface area contributed by atoms with Crippen LogP contribution in [-0.4, -0.2) is 53.3 Å². The Morgan fingerprint density at radius 2 is 2.35 bits per heavy atom. The van der Waals surface area contributed by atoms with Crippen LogP contribution in [0.1, 0.15) is 12.8 Å². The van der Waals surface area contributed by atoms with E-state index in [0.29, 0.717) is 0 Å². The summed E-state index contributed by atoms with van der Waals surface area (Å²) in [7, 11) is 0. The maximum absolute atomic E-state index is 5.86. The van der Waals surface area contributed by atoms with Gasteiger partial charge in [0.1, 0.15) is 12.1 Å². The van der Waals surface area contributed by atoms with Crippen molar-refractivity contribution in [3.05, 3.63) is 17.8 Å². The Morgan fingerprint density at radius 1 is 1.40 bits per heavy atom. The van der Waals surface area contributed by atoms with Gasteiger partial charge in [-0.2, -0.15) is 0 Å². The highest BCUT2D eigenvalue weighted by atomic mass is 32.1. The summed E-state index contributed by atoms with van der Waals surface area (Å²) in [5, 5.41) is 5.48.